The number of likely N-dealkylation sites (N-methyl/N-ethyl adjacent to an activating group) is 1. The first-order valence-corrected chi connectivity index (χ1v) is 8.70. The molecule has 2 aliphatic rings. The minimum absolute atomic E-state index is 0.00311. The number of rotatable bonds is 6. The van der Waals surface area contributed by atoms with E-state index in [1.54, 1.807) is 19.0 Å². The van der Waals surface area contributed by atoms with Gasteiger partial charge in [0, 0.05) is 59.0 Å². The second-order valence-corrected chi connectivity index (χ2v) is 7.10. The SMILES string of the molecule is CN(C)C(=O)COC[C@@H]1CN(C[C@@H]2CCOC2)Cc2ccnn2C1. The Balaban J connectivity index is 1.57. The highest BCUT2D eigenvalue weighted by Crippen LogP contribution is 2.20. The van der Waals surface area contributed by atoms with Gasteiger partial charge in [0.2, 0.25) is 5.91 Å². The number of hydrogen-bond acceptors (Lipinski definition) is 5. The summed E-state index contributed by atoms with van der Waals surface area (Å²) in [6, 6.07) is 2.09. The summed E-state index contributed by atoms with van der Waals surface area (Å²) in [7, 11) is 3.50. The minimum atomic E-state index is 0.00311. The van der Waals surface area contributed by atoms with Crippen LogP contribution >= 0.6 is 0 Å². The van der Waals surface area contributed by atoms with Crippen LogP contribution in [0.15, 0.2) is 12.3 Å². The fourth-order valence-corrected chi connectivity index (χ4v) is 3.40. The molecule has 0 aromatic carbocycles. The van der Waals surface area contributed by atoms with Gasteiger partial charge in [-0.15, -0.1) is 0 Å². The van der Waals surface area contributed by atoms with Crippen molar-refractivity contribution < 1.29 is 14.3 Å². The van der Waals surface area contributed by atoms with Gasteiger partial charge in [0.15, 0.2) is 0 Å². The normalized spacial score (nSPS) is 24.6. The highest BCUT2D eigenvalue weighted by atomic mass is 16.5. The highest BCUT2D eigenvalue weighted by Gasteiger charge is 2.26. The maximum Gasteiger partial charge on any atom is 0.248 e. The molecule has 0 N–H and O–H groups in total. The van der Waals surface area contributed by atoms with Crippen LogP contribution in [0.3, 0.4) is 0 Å². The van der Waals surface area contributed by atoms with E-state index in [2.05, 4.69) is 20.7 Å². The van der Waals surface area contributed by atoms with Gasteiger partial charge in [-0.3, -0.25) is 14.4 Å². The Morgan fingerprint density at radius 1 is 1.42 bits per heavy atom. The molecule has 2 atom stereocenters. The molecule has 7 heteroatoms. The fraction of sp³-hybridized carbons (Fsp3) is 0.765. The van der Waals surface area contributed by atoms with Gasteiger partial charge in [-0.05, 0) is 18.4 Å². The molecule has 0 radical (unpaired) electrons. The van der Waals surface area contributed by atoms with E-state index < -0.39 is 0 Å². The van der Waals surface area contributed by atoms with E-state index in [-0.39, 0.29) is 12.5 Å². The van der Waals surface area contributed by atoms with Crippen molar-refractivity contribution in [3.05, 3.63) is 18.0 Å². The van der Waals surface area contributed by atoms with Crippen molar-refractivity contribution in [3.8, 4) is 0 Å². The summed E-state index contributed by atoms with van der Waals surface area (Å²) >= 11 is 0. The summed E-state index contributed by atoms with van der Waals surface area (Å²) in [6.45, 7) is 6.26. The third-order valence-electron chi connectivity index (χ3n) is 4.76. The van der Waals surface area contributed by atoms with Gasteiger partial charge in [0.25, 0.3) is 0 Å². The van der Waals surface area contributed by atoms with Crippen molar-refractivity contribution in [1.82, 2.24) is 19.6 Å². The van der Waals surface area contributed by atoms with Gasteiger partial charge >= 0.3 is 0 Å². The van der Waals surface area contributed by atoms with Crippen molar-refractivity contribution in [2.45, 2.75) is 19.5 Å². The molecule has 3 heterocycles. The monoisotopic (exact) mass is 336 g/mol. The van der Waals surface area contributed by atoms with Crippen molar-refractivity contribution in [3.63, 3.8) is 0 Å². The third-order valence-corrected chi connectivity index (χ3v) is 4.76. The summed E-state index contributed by atoms with van der Waals surface area (Å²) in [5.74, 6) is 0.961. The van der Waals surface area contributed by atoms with Gasteiger partial charge in [-0.25, -0.2) is 0 Å². The molecule has 1 saturated heterocycles. The van der Waals surface area contributed by atoms with Gasteiger partial charge in [0.1, 0.15) is 6.61 Å². The Labute approximate surface area is 143 Å². The molecule has 0 saturated carbocycles. The number of carbonyl (C=O) groups is 1. The van der Waals surface area contributed by atoms with E-state index in [1.165, 1.54) is 5.69 Å². The van der Waals surface area contributed by atoms with Gasteiger partial charge in [0.05, 0.1) is 18.9 Å². The summed E-state index contributed by atoms with van der Waals surface area (Å²) in [4.78, 5) is 15.7. The zero-order valence-electron chi connectivity index (χ0n) is 14.7. The zero-order valence-corrected chi connectivity index (χ0v) is 14.7. The highest BCUT2D eigenvalue weighted by molar-refractivity contribution is 5.76. The second-order valence-electron chi connectivity index (χ2n) is 7.10. The zero-order chi connectivity index (χ0) is 16.9. The molecule has 1 amide bonds. The van der Waals surface area contributed by atoms with Crippen LogP contribution in [0.25, 0.3) is 0 Å². The smallest absolute Gasteiger partial charge is 0.248 e. The number of aromatic nitrogens is 2. The molecule has 1 aromatic rings. The third kappa shape index (κ3) is 4.55. The van der Waals surface area contributed by atoms with E-state index in [1.807, 2.05) is 6.20 Å². The van der Waals surface area contributed by atoms with Crippen LogP contribution in [0.5, 0.6) is 0 Å². The average molecular weight is 336 g/mol. The Kier molecular flexibility index (Phi) is 5.86. The molecule has 2 aliphatic heterocycles. The first-order chi connectivity index (χ1) is 11.6. The van der Waals surface area contributed by atoms with E-state index in [0.717, 1.165) is 45.8 Å². The number of fused-ring (bicyclic) bond motifs is 1. The fourth-order valence-electron chi connectivity index (χ4n) is 3.40. The van der Waals surface area contributed by atoms with Gasteiger partial charge in [-0.1, -0.05) is 0 Å². The molecule has 1 fully saturated rings. The molecular weight excluding hydrogens is 308 g/mol. The van der Waals surface area contributed by atoms with Gasteiger partial charge in [-0.2, -0.15) is 5.10 Å². The van der Waals surface area contributed by atoms with Crippen LogP contribution in [-0.2, 0) is 27.4 Å². The molecular formula is C17H28N4O3. The van der Waals surface area contributed by atoms with Crippen LogP contribution in [0.4, 0.5) is 0 Å². The first kappa shape index (κ1) is 17.4. The molecule has 0 bridgehead atoms. The topological polar surface area (TPSA) is 59.8 Å². The lowest BCUT2D eigenvalue weighted by Gasteiger charge is -2.26. The van der Waals surface area contributed by atoms with Crippen molar-refractivity contribution >= 4 is 5.91 Å². The van der Waals surface area contributed by atoms with Crippen LogP contribution < -0.4 is 0 Å². The summed E-state index contributed by atoms with van der Waals surface area (Å²) < 4.78 is 13.3. The number of hydrogen-bond donors (Lipinski definition) is 0. The standard InChI is InChI=1S/C17H28N4O3/c1-19(2)17(22)13-24-12-15-8-20(7-14-4-6-23-11-14)10-16-3-5-18-21(16)9-15/h3,5,14-15H,4,6-13H2,1-2H3/t14-,15+/m0/s1. The first-order valence-electron chi connectivity index (χ1n) is 8.70. The van der Waals surface area contributed by atoms with Crippen molar-refractivity contribution in [1.29, 1.82) is 0 Å². The van der Waals surface area contributed by atoms with E-state index in [9.17, 15) is 4.79 Å². The summed E-state index contributed by atoms with van der Waals surface area (Å²) in [6.07, 6.45) is 3.01. The lowest BCUT2D eigenvalue weighted by atomic mass is 10.1. The summed E-state index contributed by atoms with van der Waals surface area (Å²) in [5, 5.41) is 4.44. The summed E-state index contributed by atoms with van der Waals surface area (Å²) in [5.41, 5.74) is 1.25. The van der Waals surface area contributed by atoms with Crippen LogP contribution in [0, 0.1) is 11.8 Å². The molecule has 134 valence electrons. The maximum absolute atomic E-state index is 11.7. The maximum atomic E-state index is 11.7. The van der Waals surface area contributed by atoms with Gasteiger partial charge < -0.3 is 14.4 Å². The minimum Gasteiger partial charge on any atom is -0.381 e. The number of carbonyl (C=O) groups excluding carboxylic acids is 1. The molecule has 24 heavy (non-hydrogen) atoms. The molecule has 1 aromatic heterocycles. The predicted molar refractivity (Wildman–Crippen MR) is 89.4 cm³/mol. The average Bonchev–Trinajstić information content (AvgIpc) is 3.16. The van der Waals surface area contributed by atoms with E-state index in [0.29, 0.717) is 18.4 Å². The number of amides is 1. The van der Waals surface area contributed by atoms with E-state index >= 15 is 0 Å². The lowest BCUT2D eigenvalue weighted by molar-refractivity contribution is -0.134. The van der Waals surface area contributed by atoms with Crippen molar-refractivity contribution in [2.75, 3.05) is 53.6 Å². The predicted octanol–water partition coefficient (Wildman–Crippen LogP) is 0.456. The largest absolute Gasteiger partial charge is 0.381 e. The molecule has 3 rings (SSSR count). The number of nitrogens with zero attached hydrogens (tertiary/aromatic N) is 4. The molecule has 7 nitrogen and oxygen atoms in total. The Bertz CT molecular complexity index is 540. The number of ether oxygens (including phenoxy) is 2. The van der Waals surface area contributed by atoms with Crippen LogP contribution in [0.2, 0.25) is 0 Å². The Morgan fingerprint density at radius 3 is 3.04 bits per heavy atom. The molecule has 0 spiro atoms. The quantitative estimate of drug-likeness (QED) is 0.755. The van der Waals surface area contributed by atoms with E-state index in [4.69, 9.17) is 9.47 Å². The second kappa shape index (κ2) is 8.09. The Hall–Kier alpha value is -1.44. The van der Waals surface area contributed by atoms with Crippen molar-refractivity contribution in [2.24, 2.45) is 11.8 Å². The molecule has 0 aliphatic carbocycles. The van der Waals surface area contributed by atoms with Crippen LogP contribution in [-0.4, -0.2) is 79.1 Å². The Morgan fingerprint density at radius 2 is 2.29 bits per heavy atom. The lowest BCUT2D eigenvalue weighted by Crippen LogP contribution is -2.35. The van der Waals surface area contributed by atoms with Crippen LogP contribution in [0.1, 0.15) is 12.1 Å². The molecule has 0 unspecified atom stereocenters.